The van der Waals surface area contributed by atoms with E-state index in [1.165, 1.54) is 12.1 Å². The van der Waals surface area contributed by atoms with Crippen LogP contribution in [0, 0.1) is 15.2 Å². The van der Waals surface area contributed by atoms with Crippen molar-refractivity contribution < 1.29 is 23.5 Å². The number of aliphatic hydroxyl groups excluding tert-OH is 1. The summed E-state index contributed by atoms with van der Waals surface area (Å²) in [6.07, 6.45) is 0.432. The Labute approximate surface area is 234 Å². The number of carbonyl (C=O) groups is 2. The summed E-state index contributed by atoms with van der Waals surface area (Å²) < 4.78 is 28.2. The number of carbonyl (C=O) groups excluding carboxylic acids is 2. The van der Waals surface area contributed by atoms with Crippen molar-refractivity contribution in [2.24, 2.45) is 5.73 Å². The molecule has 0 spiro atoms. The van der Waals surface area contributed by atoms with E-state index in [1.807, 2.05) is 48.5 Å². The number of hydrogen-bond donors (Lipinski definition) is 2. The molecule has 0 radical (unpaired) electrons. The molecule has 0 aliphatic carbocycles. The monoisotopic (exact) mass is 633 g/mol. The highest BCUT2D eigenvalue weighted by Crippen LogP contribution is 2.22. The van der Waals surface area contributed by atoms with Crippen molar-refractivity contribution in [2.75, 3.05) is 18.0 Å². The molecule has 1 aliphatic heterocycles. The summed E-state index contributed by atoms with van der Waals surface area (Å²) in [5.74, 6) is -1.52. The molecule has 200 valence electrons. The second-order valence-corrected chi connectivity index (χ2v) is 10.9. The number of nitrogens with two attached hydrogens (primary N) is 1. The van der Waals surface area contributed by atoms with Crippen molar-refractivity contribution in [1.29, 1.82) is 0 Å². The number of halogens is 3. The molecule has 6 nitrogen and oxygen atoms in total. The molecule has 1 fully saturated rings. The average Bonchev–Trinajstić information content (AvgIpc) is 3.29. The molecule has 2 unspecified atom stereocenters. The van der Waals surface area contributed by atoms with E-state index in [0.29, 0.717) is 18.5 Å². The van der Waals surface area contributed by atoms with E-state index in [2.05, 4.69) is 22.6 Å². The third-order valence-electron chi connectivity index (χ3n) is 6.59. The molecule has 0 aromatic heterocycles. The maximum absolute atomic E-state index is 13.6. The van der Waals surface area contributed by atoms with Gasteiger partial charge in [0, 0.05) is 47.4 Å². The van der Waals surface area contributed by atoms with Crippen molar-refractivity contribution in [3.63, 3.8) is 0 Å². The third-order valence-corrected chi connectivity index (χ3v) is 7.26. The van der Waals surface area contributed by atoms with Gasteiger partial charge < -0.3 is 20.6 Å². The van der Waals surface area contributed by atoms with Crippen LogP contribution in [-0.4, -0.2) is 47.1 Å². The molecule has 2 amide bonds. The van der Waals surface area contributed by atoms with Crippen LogP contribution in [0.5, 0.6) is 0 Å². The van der Waals surface area contributed by atoms with Gasteiger partial charge in [0.15, 0.2) is 0 Å². The second kappa shape index (κ2) is 12.8. The minimum absolute atomic E-state index is 0.0381. The molecule has 3 aromatic carbocycles. The Hall–Kier alpha value is -2.89. The fourth-order valence-corrected chi connectivity index (χ4v) is 5.22. The number of hydrogen-bond acceptors (Lipinski definition) is 4. The molecule has 1 heterocycles. The Bertz CT molecular complexity index is 1270. The highest BCUT2D eigenvalue weighted by atomic mass is 127. The Morgan fingerprint density at radius 3 is 2.37 bits per heavy atom. The van der Waals surface area contributed by atoms with E-state index in [9.17, 15) is 23.5 Å². The summed E-state index contributed by atoms with van der Waals surface area (Å²) >= 11 is 2.20. The topological polar surface area (TPSA) is 86.9 Å². The van der Waals surface area contributed by atoms with Gasteiger partial charge in [-0.2, -0.15) is 0 Å². The lowest BCUT2D eigenvalue weighted by molar-refractivity contribution is -0.132. The van der Waals surface area contributed by atoms with Gasteiger partial charge in [-0.1, -0.05) is 24.3 Å². The maximum atomic E-state index is 13.6. The van der Waals surface area contributed by atoms with Crippen LogP contribution >= 0.6 is 22.6 Å². The number of anilines is 1. The zero-order valence-electron chi connectivity index (χ0n) is 20.8. The van der Waals surface area contributed by atoms with Crippen molar-refractivity contribution in [3.8, 4) is 0 Å². The molecule has 9 heteroatoms. The Morgan fingerprint density at radius 1 is 1.03 bits per heavy atom. The highest BCUT2D eigenvalue weighted by Gasteiger charge is 2.24. The summed E-state index contributed by atoms with van der Waals surface area (Å²) in [6.45, 7) is 0.930. The van der Waals surface area contributed by atoms with Gasteiger partial charge in [-0.25, -0.2) is 8.78 Å². The smallest absolute Gasteiger partial charge is 0.227 e. The summed E-state index contributed by atoms with van der Waals surface area (Å²) in [4.78, 5) is 28.7. The summed E-state index contributed by atoms with van der Waals surface area (Å²) in [7, 11) is 0. The van der Waals surface area contributed by atoms with Gasteiger partial charge in [0.05, 0.1) is 12.5 Å². The number of nitrogens with zero attached hydrogens (tertiary/aromatic N) is 2. The van der Waals surface area contributed by atoms with Crippen molar-refractivity contribution in [3.05, 3.63) is 98.6 Å². The minimum Gasteiger partial charge on any atom is -0.390 e. The lowest BCUT2D eigenvalue weighted by Gasteiger charge is -2.28. The van der Waals surface area contributed by atoms with Crippen molar-refractivity contribution in [2.45, 2.75) is 44.4 Å². The average molecular weight is 633 g/mol. The van der Waals surface area contributed by atoms with Crippen molar-refractivity contribution in [1.82, 2.24) is 4.90 Å². The van der Waals surface area contributed by atoms with Gasteiger partial charge in [-0.15, -0.1) is 0 Å². The van der Waals surface area contributed by atoms with Gasteiger partial charge in [-0.3, -0.25) is 9.59 Å². The van der Waals surface area contributed by atoms with Crippen LogP contribution in [0.4, 0.5) is 14.5 Å². The van der Waals surface area contributed by atoms with E-state index in [1.54, 1.807) is 9.80 Å². The highest BCUT2D eigenvalue weighted by molar-refractivity contribution is 14.1. The predicted molar refractivity (Wildman–Crippen MR) is 150 cm³/mol. The molecule has 1 aliphatic rings. The van der Waals surface area contributed by atoms with E-state index in [4.69, 9.17) is 5.73 Å². The zero-order chi connectivity index (χ0) is 27.2. The normalized spacial score (nSPS) is 15.0. The van der Waals surface area contributed by atoms with Crippen molar-refractivity contribution >= 4 is 40.1 Å². The lowest BCUT2D eigenvalue weighted by atomic mass is 10.0. The predicted octanol–water partition coefficient (Wildman–Crippen LogP) is 4.20. The first-order valence-electron chi connectivity index (χ1n) is 12.5. The van der Waals surface area contributed by atoms with E-state index in [-0.39, 0.29) is 37.7 Å². The maximum Gasteiger partial charge on any atom is 0.227 e. The number of amides is 2. The van der Waals surface area contributed by atoms with Crippen LogP contribution in [0.25, 0.3) is 0 Å². The third kappa shape index (κ3) is 7.58. The molecule has 1 saturated heterocycles. The van der Waals surface area contributed by atoms with E-state index in [0.717, 1.165) is 32.9 Å². The number of rotatable bonds is 10. The van der Waals surface area contributed by atoms with Crippen LogP contribution < -0.4 is 10.6 Å². The van der Waals surface area contributed by atoms with Crippen LogP contribution in [0.3, 0.4) is 0 Å². The fourth-order valence-electron chi connectivity index (χ4n) is 4.61. The lowest BCUT2D eigenvalue weighted by Crippen LogP contribution is -2.46. The molecule has 3 aromatic rings. The van der Waals surface area contributed by atoms with Gasteiger partial charge >= 0.3 is 0 Å². The molecule has 4 rings (SSSR count). The quantitative estimate of drug-likeness (QED) is 0.328. The van der Waals surface area contributed by atoms with Crippen LogP contribution in [0.15, 0.2) is 66.7 Å². The zero-order valence-corrected chi connectivity index (χ0v) is 23.0. The Morgan fingerprint density at radius 2 is 1.74 bits per heavy atom. The fraction of sp³-hybridized carbons (Fsp3) is 0.310. The number of benzene rings is 3. The van der Waals surface area contributed by atoms with Crippen LogP contribution in [-0.2, 0) is 29.0 Å². The first-order valence-corrected chi connectivity index (χ1v) is 13.6. The molecule has 0 saturated carbocycles. The Kier molecular flexibility index (Phi) is 9.45. The van der Waals surface area contributed by atoms with Crippen LogP contribution in [0.1, 0.15) is 29.5 Å². The molecular weight excluding hydrogens is 603 g/mol. The van der Waals surface area contributed by atoms with Gasteiger partial charge in [-0.05, 0) is 88.5 Å². The van der Waals surface area contributed by atoms with Crippen LogP contribution in [0.2, 0.25) is 0 Å². The van der Waals surface area contributed by atoms with E-state index < -0.39 is 23.8 Å². The summed E-state index contributed by atoms with van der Waals surface area (Å²) in [5, 5.41) is 10.9. The summed E-state index contributed by atoms with van der Waals surface area (Å²) in [6, 6.07) is 17.4. The van der Waals surface area contributed by atoms with Gasteiger partial charge in [0.1, 0.15) is 11.6 Å². The van der Waals surface area contributed by atoms with Gasteiger partial charge in [0.2, 0.25) is 11.8 Å². The molecule has 38 heavy (non-hydrogen) atoms. The van der Waals surface area contributed by atoms with E-state index >= 15 is 0 Å². The molecular formula is C29H30F2IN3O3. The first-order chi connectivity index (χ1) is 18.2. The summed E-state index contributed by atoms with van der Waals surface area (Å²) in [5.41, 5.74) is 9.03. The standard InChI is InChI=1S/C29H30F2IN3O3/c30-22-11-21(12-23(31)16-22)14-26(33)27(36)18-34(17-20-3-1-4-24(32)13-20)29(38)15-19-6-8-25(9-7-19)35-10-2-5-28(35)37/h1,3-4,6-9,11-13,16,26-27,36H,2,5,10,14-15,17-18,33H2. The number of aliphatic hydroxyl groups is 1. The molecule has 3 N–H and O–H groups in total. The first kappa shape index (κ1) is 28.1. The molecule has 0 bridgehead atoms. The second-order valence-electron chi connectivity index (χ2n) is 9.61. The molecule has 2 atom stereocenters. The Balaban J connectivity index is 1.46. The minimum atomic E-state index is -1.11. The largest absolute Gasteiger partial charge is 0.390 e. The van der Waals surface area contributed by atoms with Gasteiger partial charge in [0.25, 0.3) is 0 Å². The SMILES string of the molecule is NC(Cc1cc(F)cc(F)c1)C(O)CN(Cc1cccc(I)c1)C(=O)Cc1ccc(N2CCCC2=O)cc1.